The fraction of sp³-hybridized carbons (Fsp3) is 0.300. The number of nitrogens with zero attached hydrogens (tertiary/aromatic N) is 1. The predicted octanol–water partition coefficient (Wildman–Crippen LogP) is 2.75. The first-order valence-corrected chi connectivity index (χ1v) is 8.20. The number of likely N-dealkylation sites (tertiary alicyclic amines) is 1. The first kappa shape index (κ1) is 17.0. The van der Waals surface area contributed by atoms with Crippen molar-refractivity contribution in [3.05, 3.63) is 65.7 Å². The zero-order valence-electron chi connectivity index (χ0n) is 14.3. The molecule has 1 amide bonds. The Balaban J connectivity index is 1.85. The van der Waals surface area contributed by atoms with Crippen LogP contribution in [-0.2, 0) is 20.9 Å². The molecule has 0 aliphatic carbocycles. The highest BCUT2D eigenvalue weighted by Crippen LogP contribution is 2.34. The monoisotopic (exact) mass is 339 g/mol. The van der Waals surface area contributed by atoms with Gasteiger partial charge in [0.2, 0.25) is 5.91 Å². The number of esters is 1. The summed E-state index contributed by atoms with van der Waals surface area (Å²) < 4.78 is 10.1. The average Bonchev–Trinajstić information content (AvgIpc) is 2.99. The Bertz CT molecular complexity index is 742. The largest absolute Gasteiger partial charge is 0.497 e. The molecule has 1 heterocycles. The van der Waals surface area contributed by atoms with Gasteiger partial charge in [0.15, 0.2) is 0 Å². The van der Waals surface area contributed by atoms with Gasteiger partial charge in [-0.15, -0.1) is 0 Å². The van der Waals surface area contributed by atoms with Crippen LogP contribution in [0.2, 0.25) is 0 Å². The van der Waals surface area contributed by atoms with Crippen LogP contribution in [0.15, 0.2) is 54.6 Å². The quantitative estimate of drug-likeness (QED) is 0.786. The van der Waals surface area contributed by atoms with Crippen molar-refractivity contribution in [3.63, 3.8) is 0 Å². The minimum atomic E-state index is -0.565. The van der Waals surface area contributed by atoms with Crippen molar-refractivity contribution in [2.24, 2.45) is 0 Å². The van der Waals surface area contributed by atoms with Crippen LogP contribution in [-0.4, -0.2) is 37.0 Å². The van der Waals surface area contributed by atoms with E-state index in [2.05, 4.69) is 0 Å². The second-order valence-electron chi connectivity index (χ2n) is 6.05. The van der Waals surface area contributed by atoms with Gasteiger partial charge in [0.05, 0.1) is 20.1 Å². The summed E-state index contributed by atoms with van der Waals surface area (Å²) in [6.07, 6.45) is 0.436. The van der Waals surface area contributed by atoms with E-state index in [-0.39, 0.29) is 17.8 Å². The van der Waals surface area contributed by atoms with E-state index in [1.165, 1.54) is 7.11 Å². The van der Waals surface area contributed by atoms with Crippen LogP contribution in [0, 0.1) is 0 Å². The third-order valence-electron chi connectivity index (χ3n) is 4.60. The van der Waals surface area contributed by atoms with Crippen LogP contribution in [0.3, 0.4) is 0 Å². The highest BCUT2D eigenvalue weighted by molar-refractivity contribution is 5.92. The van der Waals surface area contributed by atoms with Crippen LogP contribution in [0.5, 0.6) is 5.75 Å². The predicted molar refractivity (Wildman–Crippen MR) is 93.1 cm³/mol. The molecule has 130 valence electrons. The van der Waals surface area contributed by atoms with Crippen molar-refractivity contribution in [2.75, 3.05) is 14.2 Å². The smallest absolute Gasteiger partial charge is 0.328 e. The van der Waals surface area contributed by atoms with E-state index >= 15 is 0 Å². The molecule has 5 nitrogen and oxygen atoms in total. The van der Waals surface area contributed by atoms with Gasteiger partial charge >= 0.3 is 5.97 Å². The van der Waals surface area contributed by atoms with Crippen LogP contribution >= 0.6 is 0 Å². The van der Waals surface area contributed by atoms with Gasteiger partial charge in [-0.1, -0.05) is 42.5 Å². The summed E-state index contributed by atoms with van der Waals surface area (Å²) in [6.45, 7) is 0.367. The molecular weight excluding hydrogens is 318 g/mol. The molecule has 1 saturated heterocycles. The Labute approximate surface area is 147 Å². The normalized spacial score (nSPS) is 19.8. The Morgan fingerprint density at radius 2 is 1.76 bits per heavy atom. The molecule has 0 aromatic heterocycles. The maximum absolute atomic E-state index is 13.0. The number of carbonyl (C=O) groups excluding carboxylic acids is 2. The molecule has 0 spiro atoms. The van der Waals surface area contributed by atoms with Crippen molar-refractivity contribution in [2.45, 2.75) is 24.9 Å². The van der Waals surface area contributed by atoms with Crippen molar-refractivity contribution in [1.82, 2.24) is 4.90 Å². The molecule has 1 aliphatic heterocycles. The van der Waals surface area contributed by atoms with Crippen molar-refractivity contribution in [3.8, 4) is 5.75 Å². The molecule has 5 heteroatoms. The SMILES string of the molecule is COC(=O)[C@H]1C[C@H](c2ccccc2)C(=O)N1Cc1ccc(OC)cc1. The lowest BCUT2D eigenvalue weighted by Gasteiger charge is -2.23. The molecule has 2 atom stereocenters. The van der Waals surface area contributed by atoms with Gasteiger partial charge in [0.1, 0.15) is 11.8 Å². The highest BCUT2D eigenvalue weighted by Gasteiger charge is 2.44. The number of hydrogen-bond acceptors (Lipinski definition) is 4. The molecule has 2 aromatic rings. The second-order valence-corrected chi connectivity index (χ2v) is 6.05. The lowest BCUT2D eigenvalue weighted by molar-refractivity contribution is -0.149. The van der Waals surface area contributed by atoms with Crippen LogP contribution in [0.4, 0.5) is 0 Å². The lowest BCUT2D eigenvalue weighted by atomic mass is 9.96. The number of rotatable bonds is 5. The van der Waals surface area contributed by atoms with E-state index in [4.69, 9.17) is 9.47 Å². The van der Waals surface area contributed by atoms with Crippen molar-refractivity contribution < 1.29 is 19.1 Å². The number of carbonyl (C=O) groups is 2. The number of ether oxygens (including phenoxy) is 2. The summed E-state index contributed by atoms with van der Waals surface area (Å²) in [5.41, 5.74) is 1.87. The number of amides is 1. The van der Waals surface area contributed by atoms with Crippen LogP contribution < -0.4 is 4.74 Å². The summed E-state index contributed by atoms with van der Waals surface area (Å²) >= 11 is 0. The zero-order valence-corrected chi connectivity index (χ0v) is 14.3. The standard InChI is InChI=1S/C20H21NO4/c1-24-16-10-8-14(9-11-16)13-21-18(20(23)25-2)12-17(19(21)22)15-6-4-3-5-7-15/h3-11,17-18H,12-13H2,1-2H3/t17-,18-/m1/s1. The number of methoxy groups -OCH3 is 2. The maximum Gasteiger partial charge on any atom is 0.328 e. The fourth-order valence-electron chi connectivity index (χ4n) is 3.24. The molecule has 0 saturated carbocycles. The van der Waals surface area contributed by atoms with Crippen LogP contribution in [0.1, 0.15) is 23.5 Å². The van der Waals surface area contributed by atoms with Gasteiger partial charge in [-0.3, -0.25) is 4.79 Å². The molecule has 0 unspecified atom stereocenters. The molecule has 0 N–H and O–H groups in total. The third-order valence-corrected chi connectivity index (χ3v) is 4.60. The van der Waals surface area contributed by atoms with Crippen LogP contribution in [0.25, 0.3) is 0 Å². The average molecular weight is 339 g/mol. The van der Waals surface area contributed by atoms with E-state index in [9.17, 15) is 9.59 Å². The Hall–Kier alpha value is -2.82. The van der Waals surface area contributed by atoms with Gasteiger partial charge in [0.25, 0.3) is 0 Å². The van der Waals surface area contributed by atoms with Gasteiger partial charge < -0.3 is 14.4 Å². The molecule has 1 aliphatic rings. The molecule has 0 radical (unpaired) electrons. The fourth-order valence-corrected chi connectivity index (χ4v) is 3.24. The lowest BCUT2D eigenvalue weighted by Crippen LogP contribution is -2.38. The van der Waals surface area contributed by atoms with E-state index in [1.807, 2.05) is 54.6 Å². The minimum Gasteiger partial charge on any atom is -0.497 e. The summed E-state index contributed by atoms with van der Waals surface area (Å²) in [7, 11) is 2.96. The zero-order chi connectivity index (χ0) is 17.8. The maximum atomic E-state index is 13.0. The first-order valence-electron chi connectivity index (χ1n) is 8.20. The van der Waals surface area contributed by atoms with Crippen molar-refractivity contribution >= 4 is 11.9 Å². The first-order chi connectivity index (χ1) is 12.1. The molecular formula is C20H21NO4. The van der Waals surface area contributed by atoms with E-state index < -0.39 is 6.04 Å². The Kier molecular flexibility index (Phi) is 5.03. The summed E-state index contributed by atoms with van der Waals surface area (Å²) in [6, 6.07) is 16.5. The number of benzene rings is 2. The Morgan fingerprint density at radius 3 is 2.36 bits per heavy atom. The molecule has 3 rings (SSSR count). The van der Waals surface area contributed by atoms with Gasteiger partial charge in [0, 0.05) is 6.54 Å². The van der Waals surface area contributed by atoms with E-state index in [1.54, 1.807) is 12.0 Å². The topological polar surface area (TPSA) is 55.8 Å². The second kappa shape index (κ2) is 7.38. The molecule has 25 heavy (non-hydrogen) atoms. The van der Waals surface area contributed by atoms with Gasteiger partial charge in [-0.2, -0.15) is 0 Å². The molecule has 2 aromatic carbocycles. The molecule has 0 bridgehead atoms. The third kappa shape index (κ3) is 3.50. The van der Waals surface area contributed by atoms with Gasteiger partial charge in [-0.25, -0.2) is 4.79 Å². The summed E-state index contributed by atoms with van der Waals surface area (Å²) in [5.74, 6) is 0.0180. The summed E-state index contributed by atoms with van der Waals surface area (Å²) in [4.78, 5) is 26.8. The van der Waals surface area contributed by atoms with E-state index in [0.717, 1.165) is 16.9 Å². The van der Waals surface area contributed by atoms with E-state index in [0.29, 0.717) is 13.0 Å². The summed E-state index contributed by atoms with van der Waals surface area (Å²) in [5, 5.41) is 0. The van der Waals surface area contributed by atoms with Crippen molar-refractivity contribution in [1.29, 1.82) is 0 Å². The minimum absolute atomic E-state index is 0.0441. The highest BCUT2D eigenvalue weighted by atomic mass is 16.5. The number of hydrogen-bond donors (Lipinski definition) is 0. The van der Waals surface area contributed by atoms with Gasteiger partial charge in [-0.05, 0) is 29.7 Å². The Morgan fingerprint density at radius 1 is 1.08 bits per heavy atom. The molecule has 1 fully saturated rings.